The third-order valence-corrected chi connectivity index (χ3v) is 7.41. The summed E-state index contributed by atoms with van der Waals surface area (Å²) in [5.74, 6) is 0.126. The standard InChI is InChI=1S/C26H21N3O4S/c27-16-18-7-9-19(10-8-18)20-11-13-22(14-12-20)33-26(30)21-4-3-15-29(17-21)25-23-5-1-2-6-24(23)34(31,32)28-25/h1-2,5-14,21H,3-4,15,17H2. The molecule has 3 aromatic carbocycles. The van der Waals surface area contributed by atoms with Crippen molar-refractivity contribution in [1.29, 1.82) is 5.26 Å². The van der Waals surface area contributed by atoms with Gasteiger partial charge >= 0.3 is 5.97 Å². The van der Waals surface area contributed by atoms with Gasteiger partial charge in [0.05, 0.1) is 17.6 Å². The van der Waals surface area contributed by atoms with Crippen LogP contribution in [0.2, 0.25) is 0 Å². The average molecular weight is 472 g/mol. The number of fused-ring (bicyclic) bond motifs is 1. The van der Waals surface area contributed by atoms with Crippen LogP contribution in [0.25, 0.3) is 11.1 Å². The number of sulfonamides is 1. The summed E-state index contributed by atoms with van der Waals surface area (Å²) in [4.78, 5) is 15.0. The third kappa shape index (κ3) is 4.18. The van der Waals surface area contributed by atoms with Crippen molar-refractivity contribution >= 4 is 21.8 Å². The summed E-state index contributed by atoms with van der Waals surface area (Å²) >= 11 is 0. The molecule has 2 heterocycles. The van der Waals surface area contributed by atoms with Crippen LogP contribution in [-0.2, 0) is 14.8 Å². The fourth-order valence-corrected chi connectivity index (χ4v) is 5.56. The number of nitriles is 1. The SMILES string of the molecule is N#Cc1ccc(-c2ccc(OC(=O)C3CCCN(C4=NS(=O)(=O)c5ccccc54)C3)cc2)cc1. The summed E-state index contributed by atoms with van der Waals surface area (Å²) in [6.45, 7) is 0.983. The quantitative estimate of drug-likeness (QED) is 0.423. The number of ether oxygens (including phenoxy) is 1. The van der Waals surface area contributed by atoms with Crippen molar-refractivity contribution in [3.05, 3.63) is 83.9 Å². The predicted octanol–water partition coefficient (Wildman–Crippen LogP) is 3.99. The van der Waals surface area contributed by atoms with E-state index in [1.54, 1.807) is 48.5 Å². The molecule has 3 aromatic rings. The lowest BCUT2D eigenvalue weighted by atomic mass is 9.97. The highest BCUT2D eigenvalue weighted by molar-refractivity contribution is 7.90. The zero-order chi connectivity index (χ0) is 23.7. The highest BCUT2D eigenvalue weighted by Gasteiger charge is 2.35. The van der Waals surface area contributed by atoms with E-state index >= 15 is 0 Å². The maximum atomic E-state index is 12.9. The van der Waals surface area contributed by atoms with Gasteiger partial charge in [-0.2, -0.15) is 13.7 Å². The second-order valence-electron chi connectivity index (χ2n) is 8.31. The largest absolute Gasteiger partial charge is 0.426 e. The van der Waals surface area contributed by atoms with Crippen LogP contribution >= 0.6 is 0 Å². The summed E-state index contributed by atoms with van der Waals surface area (Å²) in [6, 6.07) is 23.4. The van der Waals surface area contributed by atoms with Gasteiger partial charge in [-0.05, 0) is 60.4 Å². The second kappa shape index (κ2) is 8.76. The molecular formula is C26H21N3O4S. The molecule has 1 fully saturated rings. The Morgan fingerprint density at radius 3 is 2.38 bits per heavy atom. The molecule has 34 heavy (non-hydrogen) atoms. The van der Waals surface area contributed by atoms with E-state index < -0.39 is 10.0 Å². The van der Waals surface area contributed by atoms with E-state index in [2.05, 4.69) is 10.5 Å². The number of esters is 1. The molecule has 0 aliphatic carbocycles. The van der Waals surface area contributed by atoms with Gasteiger partial charge in [0.15, 0.2) is 5.84 Å². The van der Waals surface area contributed by atoms with Gasteiger partial charge in [0.2, 0.25) is 0 Å². The minimum absolute atomic E-state index is 0.206. The number of benzene rings is 3. The fraction of sp³-hybridized carbons (Fsp3) is 0.192. The number of hydrogen-bond acceptors (Lipinski definition) is 6. The van der Waals surface area contributed by atoms with Crippen LogP contribution in [0.1, 0.15) is 24.0 Å². The molecule has 0 spiro atoms. The number of carbonyl (C=O) groups is 1. The lowest BCUT2D eigenvalue weighted by molar-refractivity contribution is -0.140. The molecule has 5 rings (SSSR count). The Morgan fingerprint density at radius 2 is 1.68 bits per heavy atom. The summed E-state index contributed by atoms with van der Waals surface area (Å²) in [5.41, 5.74) is 3.09. The van der Waals surface area contributed by atoms with Crippen molar-refractivity contribution in [1.82, 2.24) is 4.90 Å². The molecule has 8 heteroatoms. The second-order valence-corrected chi connectivity index (χ2v) is 9.88. The molecule has 0 amide bonds. The Bertz CT molecular complexity index is 1420. The van der Waals surface area contributed by atoms with Crippen molar-refractivity contribution in [3.8, 4) is 22.9 Å². The van der Waals surface area contributed by atoms with Crippen LogP contribution in [-0.4, -0.2) is 38.2 Å². The minimum atomic E-state index is -3.71. The molecule has 0 radical (unpaired) electrons. The Kier molecular flexibility index (Phi) is 5.64. The van der Waals surface area contributed by atoms with Gasteiger partial charge in [-0.15, -0.1) is 4.40 Å². The molecule has 1 saturated heterocycles. The number of likely N-dealkylation sites (tertiary alicyclic amines) is 1. The number of nitrogens with zero attached hydrogens (tertiary/aromatic N) is 3. The van der Waals surface area contributed by atoms with Gasteiger partial charge in [0.1, 0.15) is 10.6 Å². The summed E-state index contributed by atoms with van der Waals surface area (Å²) in [7, 11) is -3.71. The van der Waals surface area contributed by atoms with Crippen molar-refractivity contribution in [2.45, 2.75) is 17.7 Å². The molecule has 0 N–H and O–H groups in total. The molecule has 0 bridgehead atoms. The Morgan fingerprint density at radius 1 is 1.00 bits per heavy atom. The summed E-state index contributed by atoms with van der Waals surface area (Å²) in [5, 5.41) is 8.94. The van der Waals surface area contributed by atoms with Gasteiger partial charge in [0, 0.05) is 18.7 Å². The van der Waals surface area contributed by atoms with Crippen molar-refractivity contribution in [2.24, 2.45) is 10.3 Å². The third-order valence-electron chi connectivity index (χ3n) is 6.09. The smallest absolute Gasteiger partial charge is 0.316 e. The first-order valence-electron chi connectivity index (χ1n) is 11.0. The van der Waals surface area contributed by atoms with Crippen LogP contribution < -0.4 is 4.74 Å². The Balaban J connectivity index is 1.27. The number of carbonyl (C=O) groups excluding carboxylic acids is 1. The molecule has 2 aliphatic rings. The predicted molar refractivity (Wildman–Crippen MR) is 127 cm³/mol. The summed E-state index contributed by atoms with van der Waals surface area (Å²) < 4.78 is 34.4. The lowest BCUT2D eigenvalue weighted by Crippen LogP contribution is -2.43. The van der Waals surface area contributed by atoms with Crippen LogP contribution in [0.3, 0.4) is 0 Å². The normalized spacial score (nSPS) is 18.5. The monoisotopic (exact) mass is 471 g/mol. The Hall–Kier alpha value is -3.96. The highest BCUT2D eigenvalue weighted by atomic mass is 32.2. The maximum Gasteiger partial charge on any atom is 0.316 e. The molecule has 7 nitrogen and oxygen atoms in total. The van der Waals surface area contributed by atoms with E-state index in [9.17, 15) is 13.2 Å². The van der Waals surface area contributed by atoms with Crippen LogP contribution in [0.5, 0.6) is 5.75 Å². The van der Waals surface area contributed by atoms with Crippen LogP contribution in [0.15, 0.2) is 82.1 Å². The number of piperidine rings is 1. The first-order valence-corrected chi connectivity index (χ1v) is 12.4. The van der Waals surface area contributed by atoms with Crippen LogP contribution in [0.4, 0.5) is 0 Å². The van der Waals surface area contributed by atoms with Gasteiger partial charge in [-0.25, -0.2) is 0 Å². The van der Waals surface area contributed by atoms with E-state index in [-0.39, 0.29) is 16.8 Å². The van der Waals surface area contributed by atoms with E-state index in [0.29, 0.717) is 42.2 Å². The van der Waals surface area contributed by atoms with Gasteiger partial charge in [0.25, 0.3) is 10.0 Å². The molecule has 170 valence electrons. The number of rotatable bonds is 3. The maximum absolute atomic E-state index is 12.9. The van der Waals surface area contributed by atoms with Gasteiger partial charge in [-0.3, -0.25) is 4.79 Å². The molecular weight excluding hydrogens is 450 g/mol. The molecule has 0 saturated carbocycles. The minimum Gasteiger partial charge on any atom is -0.426 e. The van der Waals surface area contributed by atoms with E-state index in [1.165, 1.54) is 0 Å². The van der Waals surface area contributed by atoms with Gasteiger partial charge < -0.3 is 9.64 Å². The van der Waals surface area contributed by atoms with Gasteiger partial charge in [-0.1, -0.05) is 36.4 Å². The first-order chi connectivity index (χ1) is 16.4. The molecule has 1 atom stereocenters. The zero-order valence-electron chi connectivity index (χ0n) is 18.2. The Labute approximate surface area is 198 Å². The average Bonchev–Trinajstić information content (AvgIpc) is 3.15. The highest BCUT2D eigenvalue weighted by Crippen LogP contribution is 2.30. The lowest BCUT2D eigenvalue weighted by Gasteiger charge is -2.32. The zero-order valence-corrected chi connectivity index (χ0v) is 19.0. The van der Waals surface area contributed by atoms with E-state index in [1.807, 2.05) is 29.2 Å². The molecule has 2 aliphatic heterocycles. The van der Waals surface area contributed by atoms with Crippen molar-refractivity contribution < 1.29 is 17.9 Å². The van der Waals surface area contributed by atoms with E-state index in [0.717, 1.165) is 17.5 Å². The topological polar surface area (TPSA) is 99.8 Å². The molecule has 1 unspecified atom stereocenters. The van der Waals surface area contributed by atoms with E-state index in [4.69, 9.17) is 10.00 Å². The van der Waals surface area contributed by atoms with Crippen molar-refractivity contribution in [3.63, 3.8) is 0 Å². The fourth-order valence-electron chi connectivity index (χ4n) is 4.33. The first kappa shape index (κ1) is 21.9. The number of hydrogen-bond donors (Lipinski definition) is 0. The van der Waals surface area contributed by atoms with Crippen LogP contribution in [0, 0.1) is 17.2 Å². The number of amidine groups is 1. The summed E-state index contributed by atoms with van der Waals surface area (Å²) in [6.07, 6.45) is 1.40. The molecule has 0 aromatic heterocycles. The van der Waals surface area contributed by atoms with Crippen molar-refractivity contribution in [2.75, 3.05) is 13.1 Å².